The molecule has 0 amide bonds. The van der Waals surface area contributed by atoms with Crippen LogP contribution < -0.4 is 0 Å². The largest absolute Gasteiger partial charge is 0.468 e. The molecule has 19 heavy (non-hydrogen) atoms. The van der Waals surface area contributed by atoms with Crippen LogP contribution in [0.25, 0.3) is 0 Å². The first-order valence-electron chi connectivity index (χ1n) is 6.21. The van der Waals surface area contributed by atoms with Gasteiger partial charge in [0, 0.05) is 13.1 Å². The van der Waals surface area contributed by atoms with E-state index in [1.807, 2.05) is 13.8 Å². The molecule has 1 fully saturated rings. The van der Waals surface area contributed by atoms with Crippen molar-refractivity contribution in [2.45, 2.75) is 44.6 Å². The van der Waals surface area contributed by atoms with Crippen molar-refractivity contribution in [1.29, 1.82) is 0 Å². The Morgan fingerprint density at radius 2 is 1.68 bits per heavy atom. The van der Waals surface area contributed by atoms with Crippen LogP contribution in [-0.4, -0.2) is 80.9 Å². The van der Waals surface area contributed by atoms with Gasteiger partial charge in [-0.1, -0.05) is 0 Å². The molecule has 112 valence electrons. The number of nitrogens with zero attached hydrogens (tertiary/aromatic N) is 1. The van der Waals surface area contributed by atoms with E-state index in [-0.39, 0.29) is 11.8 Å². The molecule has 4 N–H and O–H groups in total. The molecule has 0 saturated carbocycles. The zero-order chi connectivity index (χ0) is 14.6. The highest BCUT2D eigenvalue weighted by Gasteiger charge is 2.43. The number of thiocarbonyl (C=S) groups is 1. The van der Waals surface area contributed by atoms with Crippen molar-refractivity contribution in [3.63, 3.8) is 0 Å². The quantitative estimate of drug-likeness (QED) is 0.461. The molecule has 1 rings (SSSR count). The summed E-state index contributed by atoms with van der Waals surface area (Å²) in [5.41, 5.74) is 0. The Balaban J connectivity index is 2.51. The highest BCUT2D eigenvalue weighted by Crippen LogP contribution is 2.20. The van der Waals surface area contributed by atoms with Crippen molar-refractivity contribution in [3.05, 3.63) is 0 Å². The summed E-state index contributed by atoms with van der Waals surface area (Å²) in [5, 5.41) is 38.2. The second kappa shape index (κ2) is 7.32. The summed E-state index contributed by atoms with van der Waals surface area (Å²) in [7, 11) is 0. The Morgan fingerprint density at radius 3 is 2.21 bits per heavy atom. The molecular weight excluding hydrogens is 274 g/mol. The van der Waals surface area contributed by atoms with Crippen molar-refractivity contribution >= 4 is 17.4 Å². The van der Waals surface area contributed by atoms with Crippen LogP contribution in [0.2, 0.25) is 0 Å². The van der Waals surface area contributed by atoms with Crippen LogP contribution in [0, 0.1) is 0 Å². The lowest BCUT2D eigenvalue weighted by Crippen LogP contribution is -2.58. The zero-order valence-electron chi connectivity index (χ0n) is 11.0. The molecule has 0 radical (unpaired) electrons. The van der Waals surface area contributed by atoms with Gasteiger partial charge in [-0.3, -0.25) is 0 Å². The van der Waals surface area contributed by atoms with Gasteiger partial charge in [0.15, 0.2) is 6.29 Å². The van der Waals surface area contributed by atoms with Crippen LogP contribution in [-0.2, 0) is 9.47 Å². The highest BCUT2D eigenvalue weighted by molar-refractivity contribution is 7.80. The molecular formula is C11H21NO6S. The second-order valence-electron chi connectivity index (χ2n) is 4.29. The minimum absolute atomic E-state index is 0.114. The lowest BCUT2D eigenvalue weighted by atomic mass is 9.99. The van der Waals surface area contributed by atoms with Crippen molar-refractivity contribution in [2.75, 3.05) is 19.7 Å². The minimum Gasteiger partial charge on any atom is -0.468 e. The third-order valence-corrected chi connectivity index (χ3v) is 3.46. The van der Waals surface area contributed by atoms with Gasteiger partial charge in [-0.2, -0.15) is 0 Å². The van der Waals surface area contributed by atoms with Gasteiger partial charge in [-0.15, -0.1) is 0 Å². The third-order valence-electron chi connectivity index (χ3n) is 3.08. The maximum atomic E-state index is 9.71. The Kier molecular flexibility index (Phi) is 6.37. The average Bonchev–Trinajstić information content (AvgIpc) is 2.40. The first kappa shape index (κ1) is 16.5. The lowest BCUT2D eigenvalue weighted by molar-refractivity contribution is -0.286. The van der Waals surface area contributed by atoms with E-state index >= 15 is 0 Å². The van der Waals surface area contributed by atoms with Crippen molar-refractivity contribution in [3.8, 4) is 0 Å². The van der Waals surface area contributed by atoms with Crippen molar-refractivity contribution < 1.29 is 29.9 Å². The number of hydrogen-bond donors (Lipinski definition) is 4. The van der Waals surface area contributed by atoms with Crippen LogP contribution in [0.1, 0.15) is 13.8 Å². The molecule has 1 saturated heterocycles. The van der Waals surface area contributed by atoms with Crippen molar-refractivity contribution in [1.82, 2.24) is 4.90 Å². The molecule has 0 aliphatic carbocycles. The summed E-state index contributed by atoms with van der Waals surface area (Å²) < 4.78 is 10.3. The fourth-order valence-corrected chi connectivity index (χ4v) is 2.12. The predicted molar refractivity (Wildman–Crippen MR) is 70.4 cm³/mol. The highest BCUT2D eigenvalue weighted by atomic mass is 32.1. The van der Waals surface area contributed by atoms with E-state index in [9.17, 15) is 20.4 Å². The van der Waals surface area contributed by atoms with Gasteiger partial charge in [0.1, 0.15) is 31.0 Å². The number of rotatable bonds is 4. The second-order valence-corrected chi connectivity index (χ2v) is 4.64. The normalized spacial score (nSPS) is 34.9. The van der Waals surface area contributed by atoms with Gasteiger partial charge >= 0.3 is 0 Å². The topological polar surface area (TPSA) is 103 Å². The maximum Gasteiger partial charge on any atom is 0.259 e. The Labute approximate surface area is 117 Å². The molecule has 1 aliphatic heterocycles. The molecule has 0 aromatic rings. The number of aliphatic hydroxyl groups excluding tert-OH is 4. The Bertz CT molecular complexity index is 301. The number of aliphatic hydroxyl groups is 4. The summed E-state index contributed by atoms with van der Waals surface area (Å²) >= 11 is 5.06. The first-order valence-corrected chi connectivity index (χ1v) is 6.62. The van der Waals surface area contributed by atoms with Crippen molar-refractivity contribution in [2.24, 2.45) is 0 Å². The summed E-state index contributed by atoms with van der Waals surface area (Å²) in [6.45, 7) is 5.11. The fourth-order valence-electron chi connectivity index (χ4n) is 1.80. The monoisotopic (exact) mass is 295 g/mol. The smallest absolute Gasteiger partial charge is 0.259 e. The number of ether oxygens (including phenoxy) is 2. The molecule has 5 atom stereocenters. The zero-order valence-corrected chi connectivity index (χ0v) is 11.8. The molecule has 0 bridgehead atoms. The van der Waals surface area contributed by atoms with Crippen LogP contribution >= 0.6 is 12.2 Å². The Hall–Kier alpha value is -0.510. The summed E-state index contributed by atoms with van der Waals surface area (Å²) in [6, 6.07) is 0. The molecule has 7 nitrogen and oxygen atoms in total. The predicted octanol–water partition coefficient (Wildman–Crippen LogP) is -1.57. The van der Waals surface area contributed by atoms with Crippen LogP contribution in [0.5, 0.6) is 0 Å². The van der Waals surface area contributed by atoms with Gasteiger partial charge < -0.3 is 34.8 Å². The van der Waals surface area contributed by atoms with E-state index in [0.29, 0.717) is 13.1 Å². The lowest BCUT2D eigenvalue weighted by Gasteiger charge is -2.38. The molecule has 1 heterocycles. The van der Waals surface area contributed by atoms with E-state index in [2.05, 4.69) is 0 Å². The molecule has 1 aliphatic rings. The van der Waals surface area contributed by atoms with E-state index in [1.165, 1.54) is 0 Å². The average molecular weight is 295 g/mol. The minimum atomic E-state index is -1.56. The van der Waals surface area contributed by atoms with Crippen LogP contribution in [0.3, 0.4) is 0 Å². The van der Waals surface area contributed by atoms with E-state index < -0.39 is 30.7 Å². The molecule has 0 aromatic heterocycles. The fraction of sp³-hybridized carbons (Fsp3) is 0.909. The maximum absolute atomic E-state index is 9.71. The van der Waals surface area contributed by atoms with Gasteiger partial charge in [0.25, 0.3) is 5.17 Å². The third kappa shape index (κ3) is 3.98. The first-order chi connectivity index (χ1) is 8.92. The van der Waals surface area contributed by atoms with Gasteiger partial charge in [-0.25, -0.2) is 0 Å². The van der Waals surface area contributed by atoms with Crippen LogP contribution in [0.4, 0.5) is 0 Å². The SMILES string of the molecule is CCN(CC)C(=S)OC[C@H]1OC(O)[C@H](O)[C@@H](O)[C@H]1O. The molecule has 0 spiro atoms. The standard InChI is InChI=1S/C11H21NO6S/c1-3-12(4-2)11(19)17-5-6-7(13)8(14)9(15)10(16)18-6/h6-10,13-16H,3-5H2,1-2H3/t6-,7+,8+,9-,10?/m1/s1. The van der Waals surface area contributed by atoms with Gasteiger partial charge in [0.2, 0.25) is 0 Å². The van der Waals surface area contributed by atoms with E-state index in [0.717, 1.165) is 0 Å². The summed E-state index contributed by atoms with van der Waals surface area (Å²) in [5.74, 6) is 0. The summed E-state index contributed by atoms with van der Waals surface area (Å²) in [4.78, 5) is 1.80. The van der Waals surface area contributed by atoms with Gasteiger partial charge in [-0.05, 0) is 26.1 Å². The van der Waals surface area contributed by atoms with E-state index in [4.69, 9.17) is 21.7 Å². The molecule has 0 aromatic carbocycles. The number of hydrogen-bond acceptors (Lipinski definition) is 7. The molecule has 8 heteroatoms. The van der Waals surface area contributed by atoms with E-state index in [1.54, 1.807) is 4.90 Å². The van der Waals surface area contributed by atoms with Crippen LogP contribution in [0.15, 0.2) is 0 Å². The summed E-state index contributed by atoms with van der Waals surface area (Å²) in [6.07, 6.45) is -6.89. The molecule has 1 unspecified atom stereocenters. The Morgan fingerprint density at radius 1 is 1.11 bits per heavy atom. The van der Waals surface area contributed by atoms with Gasteiger partial charge in [0.05, 0.1) is 0 Å².